The summed E-state index contributed by atoms with van der Waals surface area (Å²) in [5, 5.41) is 10.3. The van der Waals surface area contributed by atoms with E-state index in [1.54, 1.807) is 13.3 Å². The Kier molecular flexibility index (Phi) is 4.74. The number of aliphatic hydroxyl groups is 1. The van der Waals surface area contributed by atoms with Gasteiger partial charge in [-0.05, 0) is 29.2 Å². The minimum Gasteiger partial charge on any atom is -0.481 e. The molecule has 106 valence electrons. The third-order valence-corrected chi connectivity index (χ3v) is 3.43. The van der Waals surface area contributed by atoms with Crippen molar-refractivity contribution < 1.29 is 9.84 Å². The first-order valence-electron chi connectivity index (χ1n) is 6.87. The Balaban J connectivity index is 2.13. The fourth-order valence-corrected chi connectivity index (χ4v) is 2.20. The van der Waals surface area contributed by atoms with Crippen molar-refractivity contribution in [3.8, 4) is 5.88 Å². The highest BCUT2D eigenvalue weighted by Crippen LogP contribution is 2.25. The number of aromatic nitrogens is 1. The maximum atomic E-state index is 10.3. The van der Waals surface area contributed by atoms with Crippen LogP contribution < -0.4 is 4.74 Å². The maximum Gasteiger partial charge on any atom is 0.218 e. The van der Waals surface area contributed by atoms with Gasteiger partial charge in [0.1, 0.15) is 0 Å². The van der Waals surface area contributed by atoms with E-state index in [2.05, 4.69) is 43.1 Å². The second-order valence-electron chi connectivity index (χ2n) is 5.22. The summed E-state index contributed by atoms with van der Waals surface area (Å²) in [6.07, 6.45) is 1.61. The van der Waals surface area contributed by atoms with E-state index in [0.29, 0.717) is 18.2 Å². The van der Waals surface area contributed by atoms with Gasteiger partial charge in [0.25, 0.3) is 0 Å². The van der Waals surface area contributed by atoms with Crippen LogP contribution in [0.4, 0.5) is 0 Å². The van der Waals surface area contributed by atoms with Gasteiger partial charge in [0.2, 0.25) is 5.88 Å². The number of hydrogen-bond acceptors (Lipinski definition) is 3. The summed E-state index contributed by atoms with van der Waals surface area (Å²) in [5.41, 5.74) is 3.14. The molecule has 1 heterocycles. The summed E-state index contributed by atoms with van der Waals surface area (Å²) in [6.45, 7) is 4.34. The summed E-state index contributed by atoms with van der Waals surface area (Å²) >= 11 is 0. The lowest BCUT2D eigenvalue weighted by atomic mass is 9.98. The molecule has 0 saturated heterocycles. The number of nitrogens with zero attached hydrogens (tertiary/aromatic N) is 1. The molecule has 0 bridgehead atoms. The predicted octanol–water partition coefficient (Wildman–Crippen LogP) is 3.49. The maximum absolute atomic E-state index is 10.3. The predicted molar refractivity (Wildman–Crippen MR) is 80.0 cm³/mol. The summed E-state index contributed by atoms with van der Waals surface area (Å²) < 4.78 is 5.18. The Morgan fingerprint density at radius 3 is 2.45 bits per heavy atom. The zero-order valence-electron chi connectivity index (χ0n) is 12.2. The Hall–Kier alpha value is -1.87. The largest absolute Gasteiger partial charge is 0.481 e. The number of rotatable bonds is 5. The van der Waals surface area contributed by atoms with E-state index in [1.807, 2.05) is 12.1 Å². The minimum absolute atomic E-state index is 0.485. The molecule has 2 rings (SSSR count). The average molecular weight is 271 g/mol. The van der Waals surface area contributed by atoms with Crippen LogP contribution in [0.1, 0.15) is 42.6 Å². The summed E-state index contributed by atoms with van der Waals surface area (Å²) in [5.74, 6) is 1.01. The Morgan fingerprint density at radius 1 is 1.15 bits per heavy atom. The van der Waals surface area contributed by atoms with Gasteiger partial charge in [-0.3, -0.25) is 0 Å². The van der Waals surface area contributed by atoms with Crippen molar-refractivity contribution >= 4 is 0 Å². The monoisotopic (exact) mass is 271 g/mol. The first-order chi connectivity index (χ1) is 9.61. The number of benzene rings is 1. The molecule has 20 heavy (non-hydrogen) atoms. The smallest absolute Gasteiger partial charge is 0.218 e. The van der Waals surface area contributed by atoms with Gasteiger partial charge in [-0.2, -0.15) is 0 Å². The quantitative estimate of drug-likeness (QED) is 0.905. The average Bonchev–Trinajstić information content (AvgIpc) is 2.47. The van der Waals surface area contributed by atoms with Crippen LogP contribution in [-0.2, 0) is 6.42 Å². The fourth-order valence-electron chi connectivity index (χ4n) is 2.20. The van der Waals surface area contributed by atoms with E-state index >= 15 is 0 Å². The number of ether oxygens (including phenoxy) is 1. The molecule has 0 aliphatic carbocycles. The van der Waals surface area contributed by atoms with Crippen LogP contribution in [0, 0.1) is 0 Å². The van der Waals surface area contributed by atoms with Crippen LogP contribution in [0.15, 0.2) is 42.6 Å². The van der Waals surface area contributed by atoms with Gasteiger partial charge in [0.05, 0.1) is 13.2 Å². The van der Waals surface area contributed by atoms with Gasteiger partial charge in [-0.15, -0.1) is 0 Å². The van der Waals surface area contributed by atoms with Crippen molar-refractivity contribution in [2.45, 2.75) is 32.3 Å². The van der Waals surface area contributed by atoms with Gasteiger partial charge >= 0.3 is 0 Å². The summed E-state index contributed by atoms with van der Waals surface area (Å²) in [7, 11) is 1.57. The van der Waals surface area contributed by atoms with Crippen LogP contribution in [0.25, 0.3) is 0 Å². The molecule has 0 amide bonds. The highest BCUT2D eigenvalue weighted by molar-refractivity contribution is 5.31. The van der Waals surface area contributed by atoms with E-state index in [1.165, 1.54) is 5.56 Å². The SMILES string of the molecule is COc1ncccc1C(O)Cc1ccc(C(C)C)cc1. The number of aliphatic hydroxyl groups excluding tert-OH is 1. The van der Waals surface area contributed by atoms with E-state index in [0.717, 1.165) is 11.1 Å². The molecule has 0 radical (unpaired) electrons. The number of hydrogen-bond donors (Lipinski definition) is 1. The molecule has 3 nitrogen and oxygen atoms in total. The van der Waals surface area contributed by atoms with Gasteiger partial charge < -0.3 is 9.84 Å². The van der Waals surface area contributed by atoms with E-state index < -0.39 is 6.10 Å². The molecule has 3 heteroatoms. The van der Waals surface area contributed by atoms with Crippen molar-refractivity contribution in [2.75, 3.05) is 7.11 Å². The van der Waals surface area contributed by atoms with Crippen molar-refractivity contribution in [1.82, 2.24) is 4.98 Å². The molecular formula is C17H21NO2. The molecule has 1 N–H and O–H groups in total. The molecule has 0 aliphatic heterocycles. The fraction of sp³-hybridized carbons (Fsp3) is 0.353. The first kappa shape index (κ1) is 14.5. The topological polar surface area (TPSA) is 42.4 Å². The van der Waals surface area contributed by atoms with Crippen LogP contribution in [0.2, 0.25) is 0 Å². The molecule has 0 saturated carbocycles. The molecule has 1 unspecified atom stereocenters. The van der Waals surface area contributed by atoms with E-state index in [9.17, 15) is 5.11 Å². The number of pyridine rings is 1. The van der Waals surface area contributed by atoms with Crippen molar-refractivity contribution in [2.24, 2.45) is 0 Å². The molecular weight excluding hydrogens is 250 g/mol. The molecule has 1 aromatic carbocycles. The Bertz CT molecular complexity index is 549. The number of methoxy groups -OCH3 is 1. The zero-order valence-corrected chi connectivity index (χ0v) is 12.2. The lowest BCUT2D eigenvalue weighted by Gasteiger charge is -2.14. The second kappa shape index (κ2) is 6.53. The molecule has 1 aromatic heterocycles. The Morgan fingerprint density at radius 2 is 1.85 bits per heavy atom. The Labute approximate surface area is 120 Å². The van der Waals surface area contributed by atoms with E-state index in [4.69, 9.17) is 4.74 Å². The highest BCUT2D eigenvalue weighted by atomic mass is 16.5. The molecule has 2 aromatic rings. The van der Waals surface area contributed by atoms with Gasteiger partial charge in [0.15, 0.2) is 0 Å². The van der Waals surface area contributed by atoms with Gasteiger partial charge in [0, 0.05) is 18.2 Å². The molecule has 1 atom stereocenters. The lowest BCUT2D eigenvalue weighted by molar-refractivity contribution is 0.173. The molecule has 0 aliphatic rings. The minimum atomic E-state index is -0.608. The summed E-state index contributed by atoms with van der Waals surface area (Å²) in [4.78, 5) is 4.11. The van der Waals surface area contributed by atoms with Crippen LogP contribution in [-0.4, -0.2) is 17.2 Å². The van der Waals surface area contributed by atoms with Crippen LogP contribution in [0.3, 0.4) is 0 Å². The first-order valence-corrected chi connectivity index (χ1v) is 6.87. The van der Waals surface area contributed by atoms with Crippen LogP contribution >= 0.6 is 0 Å². The molecule has 0 spiro atoms. The van der Waals surface area contributed by atoms with Gasteiger partial charge in [-0.25, -0.2) is 4.98 Å². The molecule has 0 fully saturated rings. The van der Waals surface area contributed by atoms with Crippen molar-refractivity contribution in [3.63, 3.8) is 0 Å². The van der Waals surface area contributed by atoms with E-state index in [-0.39, 0.29) is 0 Å². The standard InChI is InChI=1S/C17H21NO2/c1-12(2)14-8-6-13(7-9-14)11-16(19)15-5-4-10-18-17(15)20-3/h4-10,12,16,19H,11H2,1-3H3. The normalized spacial score (nSPS) is 12.4. The second-order valence-corrected chi connectivity index (χ2v) is 5.22. The van der Waals surface area contributed by atoms with Gasteiger partial charge in [-0.1, -0.05) is 38.1 Å². The lowest BCUT2D eigenvalue weighted by Crippen LogP contribution is -2.05. The third-order valence-electron chi connectivity index (χ3n) is 3.43. The summed E-state index contributed by atoms with van der Waals surface area (Å²) in [6, 6.07) is 12.0. The van der Waals surface area contributed by atoms with Crippen LogP contribution in [0.5, 0.6) is 5.88 Å². The zero-order chi connectivity index (χ0) is 14.5. The highest BCUT2D eigenvalue weighted by Gasteiger charge is 2.14. The third kappa shape index (κ3) is 3.36. The van der Waals surface area contributed by atoms with Crippen molar-refractivity contribution in [1.29, 1.82) is 0 Å². The van der Waals surface area contributed by atoms with Crippen molar-refractivity contribution in [3.05, 3.63) is 59.3 Å².